The largest absolute Gasteiger partial charge is 0.388 e. The number of hydrogen-bond donors (Lipinski definition) is 2. The lowest BCUT2D eigenvalue weighted by molar-refractivity contribution is 0.00833. The van der Waals surface area contributed by atoms with Crippen molar-refractivity contribution in [3.63, 3.8) is 0 Å². The smallest absolute Gasteiger partial charge is 0.109 e. The van der Waals surface area contributed by atoms with E-state index in [1.54, 1.807) is 0 Å². The average Bonchev–Trinajstić information content (AvgIpc) is 2.41. The minimum absolute atomic E-state index is 0.203. The van der Waals surface area contributed by atoms with Crippen LogP contribution in [0.4, 0.5) is 0 Å². The van der Waals surface area contributed by atoms with Gasteiger partial charge >= 0.3 is 0 Å². The van der Waals surface area contributed by atoms with Crippen LogP contribution in [0.25, 0.3) is 0 Å². The van der Waals surface area contributed by atoms with Gasteiger partial charge in [0.1, 0.15) is 12.2 Å². The molecule has 1 saturated heterocycles. The number of hydrogen-bond acceptors (Lipinski definition) is 3. The van der Waals surface area contributed by atoms with Gasteiger partial charge in [-0.1, -0.05) is 19.1 Å². The molecule has 0 aromatic heterocycles. The second-order valence-electron chi connectivity index (χ2n) is 3.41. The Labute approximate surface area is 79.0 Å². The zero-order valence-corrected chi connectivity index (χ0v) is 8.18. The predicted octanol–water partition coefficient (Wildman–Crippen LogP) is 0.852. The molecule has 1 fully saturated rings. The highest BCUT2D eigenvalue weighted by Gasteiger charge is 2.40. The number of aliphatic hydroxyl groups is 2. The lowest BCUT2D eigenvalue weighted by Crippen LogP contribution is -2.32. The molecule has 0 saturated carbocycles. The van der Waals surface area contributed by atoms with Crippen LogP contribution in [0.2, 0.25) is 0 Å². The van der Waals surface area contributed by atoms with Crippen molar-refractivity contribution in [1.82, 2.24) is 0 Å². The number of rotatable bonds is 3. The molecule has 0 radical (unpaired) electrons. The van der Waals surface area contributed by atoms with Crippen molar-refractivity contribution in [1.29, 1.82) is 0 Å². The van der Waals surface area contributed by atoms with Crippen molar-refractivity contribution in [2.24, 2.45) is 0 Å². The summed E-state index contributed by atoms with van der Waals surface area (Å²) in [7, 11) is 0. The van der Waals surface area contributed by atoms with E-state index >= 15 is 0 Å². The Morgan fingerprint density at radius 3 is 2.31 bits per heavy atom. The summed E-state index contributed by atoms with van der Waals surface area (Å²) in [5.74, 6) is 0. The van der Waals surface area contributed by atoms with Gasteiger partial charge in [0.25, 0.3) is 0 Å². The van der Waals surface area contributed by atoms with Crippen molar-refractivity contribution in [3.05, 3.63) is 12.2 Å². The monoisotopic (exact) mass is 186 g/mol. The Bertz CT molecular complexity index is 179. The van der Waals surface area contributed by atoms with E-state index in [1.165, 1.54) is 0 Å². The molecule has 0 bridgehead atoms. The molecule has 0 aliphatic carbocycles. The Hall–Kier alpha value is -0.380. The summed E-state index contributed by atoms with van der Waals surface area (Å²) in [5.41, 5.74) is 0. The number of ether oxygens (including phenoxy) is 1. The average molecular weight is 186 g/mol. The SMILES string of the molecule is C/C=C\C[C@@H]1O[C@H](CC)[C@@H](O)[C@H]1O. The van der Waals surface area contributed by atoms with Crippen LogP contribution >= 0.6 is 0 Å². The quantitative estimate of drug-likeness (QED) is 0.642. The summed E-state index contributed by atoms with van der Waals surface area (Å²) < 4.78 is 5.49. The van der Waals surface area contributed by atoms with E-state index in [0.29, 0.717) is 6.42 Å². The molecule has 3 heteroatoms. The van der Waals surface area contributed by atoms with Gasteiger partial charge in [-0.2, -0.15) is 0 Å². The Kier molecular flexibility index (Phi) is 3.90. The molecule has 1 rings (SSSR count). The van der Waals surface area contributed by atoms with Crippen molar-refractivity contribution in [3.8, 4) is 0 Å². The molecule has 13 heavy (non-hydrogen) atoms. The molecule has 2 N–H and O–H groups in total. The first-order valence-electron chi connectivity index (χ1n) is 4.83. The van der Waals surface area contributed by atoms with Gasteiger partial charge in [-0.15, -0.1) is 0 Å². The van der Waals surface area contributed by atoms with Crippen LogP contribution in [0.3, 0.4) is 0 Å². The van der Waals surface area contributed by atoms with Gasteiger partial charge in [0, 0.05) is 0 Å². The third-order valence-corrected chi connectivity index (χ3v) is 2.47. The highest BCUT2D eigenvalue weighted by molar-refractivity contribution is 4.94. The van der Waals surface area contributed by atoms with Crippen LogP contribution in [0.5, 0.6) is 0 Å². The molecule has 0 unspecified atom stereocenters. The number of aliphatic hydroxyl groups excluding tert-OH is 2. The molecular formula is C10H18O3. The first-order valence-corrected chi connectivity index (χ1v) is 4.83. The van der Waals surface area contributed by atoms with Crippen LogP contribution in [-0.2, 0) is 4.74 Å². The molecule has 0 aromatic rings. The van der Waals surface area contributed by atoms with E-state index in [4.69, 9.17) is 4.74 Å². The maximum Gasteiger partial charge on any atom is 0.109 e. The van der Waals surface area contributed by atoms with Gasteiger partial charge in [-0.25, -0.2) is 0 Å². The van der Waals surface area contributed by atoms with E-state index in [2.05, 4.69) is 0 Å². The van der Waals surface area contributed by atoms with E-state index < -0.39 is 12.2 Å². The fourth-order valence-electron chi connectivity index (χ4n) is 1.63. The fourth-order valence-corrected chi connectivity index (χ4v) is 1.63. The Morgan fingerprint density at radius 2 is 1.85 bits per heavy atom. The molecule has 1 heterocycles. The third-order valence-electron chi connectivity index (χ3n) is 2.47. The normalized spacial score (nSPS) is 40.3. The molecule has 4 atom stereocenters. The van der Waals surface area contributed by atoms with E-state index in [1.807, 2.05) is 26.0 Å². The summed E-state index contributed by atoms with van der Waals surface area (Å²) in [5, 5.41) is 19.1. The van der Waals surface area contributed by atoms with E-state index in [0.717, 1.165) is 6.42 Å². The minimum atomic E-state index is -0.735. The van der Waals surface area contributed by atoms with Crippen molar-refractivity contribution in [2.75, 3.05) is 0 Å². The Balaban J connectivity index is 2.50. The van der Waals surface area contributed by atoms with Gasteiger partial charge in [-0.3, -0.25) is 0 Å². The lowest BCUT2D eigenvalue weighted by atomic mass is 10.0. The van der Waals surface area contributed by atoms with Gasteiger partial charge in [-0.05, 0) is 19.8 Å². The van der Waals surface area contributed by atoms with Crippen molar-refractivity contribution < 1.29 is 14.9 Å². The lowest BCUT2D eigenvalue weighted by Gasteiger charge is -2.11. The van der Waals surface area contributed by atoms with Crippen LogP contribution in [0.1, 0.15) is 26.7 Å². The molecule has 76 valence electrons. The highest BCUT2D eigenvalue weighted by atomic mass is 16.5. The first-order chi connectivity index (χ1) is 6.20. The molecule has 1 aliphatic heterocycles. The minimum Gasteiger partial charge on any atom is -0.388 e. The standard InChI is InChI=1S/C10H18O3/c1-3-5-6-8-10(12)9(11)7(4-2)13-8/h3,5,7-12H,4,6H2,1-2H3/b5-3-/t7-,8+,9-,10+/m1/s1. The summed E-state index contributed by atoms with van der Waals surface area (Å²) >= 11 is 0. The topological polar surface area (TPSA) is 49.7 Å². The maximum absolute atomic E-state index is 9.58. The molecule has 3 nitrogen and oxygen atoms in total. The summed E-state index contributed by atoms with van der Waals surface area (Å²) in [6, 6.07) is 0. The molecule has 0 amide bonds. The van der Waals surface area contributed by atoms with Crippen molar-refractivity contribution >= 4 is 0 Å². The van der Waals surface area contributed by atoms with Gasteiger partial charge in [0.15, 0.2) is 0 Å². The zero-order valence-electron chi connectivity index (χ0n) is 8.18. The van der Waals surface area contributed by atoms with Gasteiger partial charge < -0.3 is 14.9 Å². The van der Waals surface area contributed by atoms with Crippen LogP contribution in [0, 0.1) is 0 Å². The van der Waals surface area contributed by atoms with Gasteiger partial charge in [0.2, 0.25) is 0 Å². The van der Waals surface area contributed by atoms with E-state index in [9.17, 15) is 10.2 Å². The summed E-state index contributed by atoms with van der Waals surface area (Å²) in [6.07, 6.45) is 3.37. The highest BCUT2D eigenvalue weighted by Crippen LogP contribution is 2.25. The first kappa shape index (κ1) is 10.7. The predicted molar refractivity (Wildman–Crippen MR) is 50.4 cm³/mol. The number of allylic oxidation sites excluding steroid dienone is 1. The maximum atomic E-state index is 9.58. The third kappa shape index (κ3) is 2.30. The molecule has 1 aliphatic rings. The van der Waals surface area contributed by atoms with E-state index in [-0.39, 0.29) is 12.2 Å². The fraction of sp³-hybridized carbons (Fsp3) is 0.800. The van der Waals surface area contributed by atoms with Crippen molar-refractivity contribution in [2.45, 2.75) is 51.1 Å². The summed E-state index contributed by atoms with van der Waals surface area (Å²) in [4.78, 5) is 0. The van der Waals surface area contributed by atoms with Crippen LogP contribution in [-0.4, -0.2) is 34.6 Å². The second-order valence-corrected chi connectivity index (χ2v) is 3.41. The van der Waals surface area contributed by atoms with Crippen LogP contribution in [0.15, 0.2) is 12.2 Å². The van der Waals surface area contributed by atoms with Crippen LogP contribution < -0.4 is 0 Å². The second kappa shape index (κ2) is 4.74. The summed E-state index contributed by atoms with van der Waals surface area (Å²) in [6.45, 7) is 3.87. The molecular weight excluding hydrogens is 168 g/mol. The Morgan fingerprint density at radius 1 is 1.23 bits per heavy atom. The molecule has 0 aromatic carbocycles. The van der Waals surface area contributed by atoms with Gasteiger partial charge in [0.05, 0.1) is 12.2 Å². The zero-order chi connectivity index (χ0) is 9.84. The molecule has 0 spiro atoms.